The first-order valence-corrected chi connectivity index (χ1v) is 7.39. The van der Waals surface area contributed by atoms with E-state index in [9.17, 15) is 0 Å². The number of hydrogen-bond acceptors (Lipinski definition) is 3. The summed E-state index contributed by atoms with van der Waals surface area (Å²) in [6, 6.07) is 0. The molecule has 0 radical (unpaired) electrons. The molecule has 1 atom stereocenters. The van der Waals surface area contributed by atoms with E-state index in [4.69, 9.17) is 0 Å². The Hall–Kier alpha value is -0.410. The molecular weight excluding hydrogens is 228 g/mol. The minimum absolute atomic E-state index is 0.355. The van der Waals surface area contributed by atoms with E-state index in [-0.39, 0.29) is 0 Å². The van der Waals surface area contributed by atoms with Gasteiger partial charge < -0.3 is 5.32 Å². The molecule has 0 aliphatic heterocycles. The summed E-state index contributed by atoms with van der Waals surface area (Å²) in [6.07, 6.45) is 4.38. The summed E-state index contributed by atoms with van der Waals surface area (Å²) in [6.45, 7) is 13.4. The third-order valence-corrected chi connectivity index (χ3v) is 4.14. The first-order chi connectivity index (χ1) is 7.95. The van der Waals surface area contributed by atoms with Crippen LogP contribution >= 0.6 is 11.3 Å². The predicted molar refractivity (Wildman–Crippen MR) is 76.7 cm³/mol. The molecule has 1 unspecified atom stereocenters. The second-order valence-electron chi connectivity index (χ2n) is 5.71. The van der Waals surface area contributed by atoms with Gasteiger partial charge in [0.15, 0.2) is 0 Å². The second kappa shape index (κ2) is 6.50. The summed E-state index contributed by atoms with van der Waals surface area (Å²) < 4.78 is 0. The largest absolute Gasteiger partial charge is 0.316 e. The van der Waals surface area contributed by atoms with Gasteiger partial charge in [0.2, 0.25) is 0 Å². The maximum atomic E-state index is 4.34. The van der Waals surface area contributed by atoms with E-state index >= 15 is 0 Å². The lowest BCUT2D eigenvalue weighted by Crippen LogP contribution is -2.34. The van der Waals surface area contributed by atoms with Crippen molar-refractivity contribution in [3.8, 4) is 0 Å². The number of hydrogen-bond donors (Lipinski definition) is 1. The van der Waals surface area contributed by atoms with Crippen molar-refractivity contribution in [3.05, 3.63) is 16.1 Å². The third-order valence-electron chi connectivity index (χ3n) is 3.23. The predicted octanol–water partition coefficient (Wildman–Crippen LogP) is 3.66. The number of aryl methyl sites for hydroxylation is 1. The molecule has 0 aliphatic rings. The monoisotopic (exact) mass is 254 g/mol. The molecule has 0 amide bonds. The quantitative estimate of drug-likeness (QED) is 0.803. The molecule has 1 aromatic rings. The number of thiazole rings is 1. The molecule has 3 heteroatoms. The van der Waals surface area contributed by atoms with E-state index in [2.05, 4.69) is 44.9 Å². The van der Waals surface area contributed by atoms with E-state index in [1.165, 1.54) is 16.3 Å². The van der Waals surface area contributed by atoms with Gasteiger partial charge in [-0.3, -0.25) is 0 Å². The van der Waals surface area contributed by atoms with Gasteiger partial charge in [-0.05, 0) is 37.6 Å². The van der Waals surface area contributed by atoms with Crippen molar-refractivity contribution in [3.63, 3.8) is 0 Å². The molecule has 0 aliphatic carbocycles. The van der Waals surface area contributed by atoms with Gasteiger partial charge >= 0.3 is 0 Å². The van der Waals surface area contributed by atoms with Crippen LogP contribution in [0.3, 0.4) is 0 Å². The van der Waals surface area contributed by atoms with Crippen molar-refractivity contribution in [1.82, 2.24) is 10.3 Å². The van der Waals surface area contributed by atoms with Crippen molar-refractivity contribution >= 4 is 11.3 Å². The van der Waals surface area contributed by atoms with Crippen LogP contribution < -0.4 is 5.32 Å². The zero-order chi connectivity index (χ0) is 12.9. The Bertz CT molecular complexity index is 333. The third kappa shape index (κ3) is 5.17. The van der Waals surface area contributed by atoms with Gasteiger partial charge in [0.1, 0.15) is 0 Å². The lowest BCUT2D eigenvalue weighted by Gasteiger charge is -2.28. The highest BCUT2D eigenvalue weighted by atomic mass is 32.1. The van der Waals surface area contributed by atoms with Gasteiger partial charge in [-0.2, -0.15) is 0 Å². The first kappa shape index (κ1) is 14.7. The average Bonchev–Trinajstić information content (AvgIpc) is 2.63. The molecule has 0 saturated heterocycles. The van der Waals surface area contributed by atoms with Gasteiger partial charge in [-0.25, -0.2) is 4.98 Å². The summed E-state index contributed by atoms with van der Waals surface area (Å²) in [7, 11) is 0. The molecule has 1 N–H and O–H groups in total. The van der Waals surface area contributed by atoms with Crippen molar-refractivity contribution in [2.45, 2.75) is 47.5 Å². The van der Waals surface area contributed by atoms with E-state index < -0.39 is 0 Å². The van der Waals surface area contributed by atoms with Crippen molar-refractivity contribution < 1.29 is 0 Å². The van der Waals surface area contributed by atoms with Crippen LogP contribution in [-0.4, -0.2) is 18.1 Å². The number of nitrogens with zero attached hydrogens (tertiary/aromatic N) is 1. The Morgan fingerprint density at radius 1 is 1.47 bits per heavy atom. The van der Waals surface area contributed by atoms with Gasteiger partial charge in [0, 0.05) is 17.6 Å². The molecule has 0 spiro atoms. The summed E-state index contributed by atoms with van der Waals surface area (Å²) in [5.74, 6) is 0.724. The van der Waals surface area contributed by atoms with E-state index in [0.717, 1.165) is 25.4 Å². The Labute approximate surface area is 110 Å². The molecule has 1 aromatic heterocycles. The molecule has 1 heterocycles. The van der Waals surface area contributed by atoms with Crippen LogP contribution in [0.5, 0.6) is 0 Å². The highest BCUT2D eigenvalue weighted by Crippen LogP contribution is 2.28. The number of rotatable bonds is 7. The molecule has 0 bridgehead atoms. The fourth-order valence-corrected chi connectivity index (χ4v) is 2.89. The maximum Gasteiger partial charge on any atom is 0.0896 e. The minimum atomic E-state index is 0.355. The van der Waals surface area contributed by atoms with Crippen LogP contribution in [-0.2, 0) is 6.42 Å². The molecule has 0 aromatic carbocycles. The Balaban J connectivity index is 2.50. The Morgan fingerprint density at radius 2 is 2.18 bits per heavy atom. The molecule has 1 rings (SSSR count). The van der Waals surface area contributed by atoms with Crippen LogP contribution in [0.2, 0.25) is 0 Å². The summed E-state index contributed by atoms with van der Waals surface area (Å²) in [5.41, 5.74) is 0.355. The van der Waals surface area contributed by atoms with Gasteiger partial charge in [-0.1, -0.05) is 27.7 Å². The number of aromatic nitrogens is 1. The zero-order valence-corrected chi connectivity index (χ0v) is 12.7. The van der Waals surface area contributed by atoms with Crippen LogP contribution in [0.1, 0.15) is 44.0 Å². The standard InChI is InChI=1S/C14H26N2S/c1-6-14(5,10-15-8-11(2)3)7-13-9-16-12(4)17-13/h9,11,15H,6-8,10H2,1-5H3. The van der Waals surface area contributed by atoms with Crippen LogP contribution in [0.25, 0.3) is 0 Å². The molecule has 0 saturated carbocycles. The smallest absolute Gasteiger partial charge is 0.0896 e. The first-order valence-electron chi connectivity index (χ1n) is 6.57. The van der Waals surface area contributed by atoms with Crippen LogP contribution in [0.15, 0.2) is 6.20 Å². The van der Waals surface area contributed by atoms with Crippen LogP contribution in [0, 0.1) is 18.3 Å². The minimum Gasteiger partial charge on any atom is -0.316 e. The SMILES string of the molecule is CCC(C)(CNCC(C)C)Cc1cnc(C)s1. The molecule has 2 nitrogen and oxygen atoms in total. The fraction of sp³-hybridized carbons (Fsp3) is 0.786. The summed E-state index contributed by atoms with van der Waals surface area (Å²) >= 11 is 1.83. The van der Waals surface area contributed by atoms with Crippen LogP contribution in [0.4, 0.5) is 0 Å². The van der Waals surface area contributed by atoms with E-state index in [1.807, 2.05) is 17.5 Å². The molecule has 17 heavy (non-hydrogen) atoms. The molecule has 0 fully saturated rings. The van der Waals surface area contributed by atoms with Crippen molar-refractivity contribution in [1.29, 1.82) is 0 Å². The van der Waals surface area contributed by atoms with E-state index in [0.29, 0.717) is 5.41 Å². The van der Waals surface area contributed by atoms with Crippen molar-refractivity contribution in [2.75, 3.05) is 13.1 Å². The topological polar surface area (TPSA) is 24.9 Å². The summed E-state index contributed by atoms with van der Waals surface area (Å²) in [4.78, 5) is 5.76. The van der Waals surface area contributed by atoms with Gasteiger partial charge in [-0.15, -0.1) is 11.3 Å². The molecule has 98 valence electrons. The Morgan fingerprint density at radius 3 is 2.65 bits per heavy atom. The summed E-state index contributed by atoms with van der Waals surface area (Å²) in [5, 5.41) is 4.76. The second-order valence-corrected chi connectivity index (χ2v) is 7.03. The zero-order valence-electron chi connectivity index (χ0n) is 11.8. The lowest BCUT2D eigenvalue weighted by molar-refractivity contribution is 0.287. The van der Waals surface area contributed by atoms with E-state index in [1.54, 1.807) is 0 Å². The highest BCUT2D eigenvalue weighted by Gasteiger charge is 2.23. The average molecular weight is 254 g/mol. The van der Waals surface area contributed by atoms with Gasteiger partial charge in [0.05, 0.1) is 5.01 Å². The molecular formula is C14H26N2S. The highest BCUT2D eigenvalue weighted by molar-refractivity contribution is 7.11. The van der Waals surface area contributed by atoms with Gasteiger partial charge in [0.25, 0.3) is 0 Å². The lowest BCUT2D eigenvalue weighted by atomic mass is 9.83. The number of nitrogens with one attached hydrogen (secondary N) is 1. The Kier molecular flexibility index (Phi) is 5.60. The normalized spacial score (nSPS) is 15.2. The fourth-order valence-electron chi connectivity index (χ4n) is 1.88. The maximum absolute atomic E-state index is 4.34. The van der Waals surface area contributed by atoms with Crippen molar-refractivity contribution in [2.24, 2.45) is 11.3 Å².